The van der Waals surface area contributed by atoms with Crippen LogP contribution in [-0.4, -0.2) is 22.7 Å². The number of carbonyl (C=O) groups excluding carboxylic acids is 1. The zero-order valence-corrected chi connectivity index (χ0v) is 12.2. The molecule has 106 valence electrons. The van der Waals surface area contributed by atoms with E-state index in [2.05, 4.69) is 5.32 Å². The molecule has 2 aromatic rings. The summed E-state index contributed by atoms with van der Waals surface area (Å²) in [6, 6.07) is 8.53. The number of benzene rings is 1. The van der Waals surface area contributed by atoms with Crippen LogP contribution >= 0.6 is 11.3 Å². The van der Waals surface area contributed by atoms with Gasteiger partial charge < -0.3 is 15.5 Å². The summed E-state index contributed by atoms with van der Waals surface area (Å²) in [6.07, 6.45) is 0. The summed E-state index contributed by atoms with van der Waals surface area (Å²) in [5.41, 5.74) is -0.0355. The van der Waals surface area contributed by atoms with Crippen molar-refractivity contribution in [2.45, 2.75) is 19.4 Å². The zero-order chi connectivity index (χ0) is 14.8. The average molecular weight is 291 g/mol. The quantitative estimate of drug-likeness (QED) is 0.810. The minimum absolute atomic E-state index is 0.0572. The third kappa shape index (κ3) is 3.18. The molecule has 0 fully saturated rings. The van der Waals surface area contributed by atoms with Gasteiger partial charge in [-0.2, -0.15) is 0 Å². The van der Waals surface area contributed by atoms with Gasteiger partial charge in [-0.05, 0) is 43.0 Å². The fraction of sp³-hybridized carbons (Fsp3) is 0.267. The highest BCUT2D eigenvalue weighted by molar-refractivity contribution is 7.10. The molecule has 0 spiro atoms. The van der Waals surface area contributed by atoms with E-state index < -0.39 is 11.5 Å². The van der Waals surface area contributed by atoms with Crippen molar-refractivity contribution in [1.29, 1.82) is 0 Å². The van der Waals surface area contributed by atoms with Crippen LogP contribution in [-0.2, 0) is 5.60 Å². The van der Waals surface area contributed by atoms with Crippen molar-refractivity contribution in [2.75, 3.05) is 6.54 Å². The summed E-state index contributed by atoms with van der Waals surface area (Å²) in [6.45, 7) is 3.57. The smallest absolute Gasteiger partial charge is 0.255 e. The van der Waals surface area contributed by atoms with Crippen molar-refractivity contribution in [1.82, 2.24) is 5.32 Å². The van der Waals surface area contributed by atoms with Gasteiger partial charge in [0.1, 0.15) is 11.4 Å². The highest BCUT2D eigenvalue weighted by Crippen LogP contribution is 2.25. The van der Waals surface area contributed by atoms with Gasteiger partial charge in [0.2, 0.25) is 0 Å². The molecule has 0 saturated heterocycles. The molecule has 1 amide bonds. The van der Waals surface area contributed by atoms with Crippen molar-refractivity contribution >= 4 is 17.2 Å². The normalized spacial score (nSPS) is 13.8. The second-order valence-corrected chi connectivity index (χ2v) is 5.90. The van der Waals surface area contributed by atoms with Gasteiger partial charge in [0.15, 0.2) is 0 Å². The van der Waals surface area contributed by atoms with Gasteiger partial charge >= 0.3 is 0 Å². The summed E-state index contributed by atoms with van der Waals surface area (Å²) in [5.74, 6) is -0.461. The van der Waals surface area contributed by atoms with Gasteiger partial charge in [0.05, 0.1) is 12.1 Å². The van der Waals surface area contributed by atoms with Crippen LogP contribution in [0.5, 0.6) is 5.75 Å². The van der Waals surface area contributed by atoms with Gasteiger partial charge in [-0.25, -0.2) is 0 Å². The molecule has 4 nitrogen and oxygen atoms in total. The van der Waals surface area contributed by atoms with Crippen LogP contribution in [0, 0.1) is 6.92 Å². The van der Waals surface area contributed by atoms with Crippen LogP contribution in [0.3, 0.4) is 0 Å². The predicted molar refractivity (Wildman–Crippen MR) is 79.1 cm³/mol. The standard InChI is InChI=1S/C15H17NO3S/c1-10-5-6-11(12(17)8-10)14(18)16-9-15(2,19)13-4-3-7-20-13/h3-8,17,19H,9H2,1-2H3,(H,16,18). The van der Waals surface area contributed by atoms with Gasteiger partial charge in [-0.1, -0.05) is 12.1 Å². The fourth-order valence-corrected chi connectivity index (χ4v) is 2.64. The van der Waals surface area contributed by atoms with Crippen LogP contribution < -0.4 is 5.32 Å². The molecular weight excluding hydrogens is 274 g/mol. The van der Waals surface area contributed by atoms with E-state index in [1.165, 1.54) is 17.4 Å². The van der Waals surface area contributed by atoms with E-state index in [4.69, 9.17) is 0 Å². The lowest BCUT2D eigenvalue weighted by Crippen LogP contribution is -2.38. The van der Waals surface area contributed by atoms with Crippen LogP contribution in [0.1, 0.15) is 27.7 Å². The highest BCUT2D eigenvalue weighted by Gasteiger charge is 2.25. The second kappa shape index (κ2) is 5.64. The molecular formula is C15H17NO3S. The van der Waals surface area contributed by atoms with Crippen molar-refractivity contribution in [2.24, 2.45) is 0 Å². The van der Waals surface area contributed by atoms with Gasteiger partial charge in [-0.15, -0.1) is 11.3 Å². The minimum atomic E-state index is -1.12. The SMILES string of the molecule is Cc1ccc(C(=O)NCC(C)(O)c2cccs2)c(O)c1. The summed E-state index contributed by atoms with van der Waals surface area (Å²) in [7, 11) is 0. The first kappa shape index (κ1) is 14.6. The van der Waals surface area contributed by atoms with E-state index in [0.29, 0.717) is 0 Å². The summed E-state index contributed by atoms with van der Waals surface area (Å²) in [5, 5.41) is 24.6. The number of hydrogen-bond acceptors (Lipinski definition) is 4. The molecule has 0 aliphatic carbocycles. The molecule has 20 heavy (non-hydrogen) atoms. The summed E-state index contributed by atoms with van der Waals surface area (Å²) in [4.78, 5) is 12.8. The van der Waals surface area contributed by atoms with Crippen LogP contribution in [0.2, 0.25) is 0 Å². The molecule has 0 radical (unpaired) electrons. The molecule has 0 bridgehead atoms. The molecule has 5 heteroatoms. The molecule has 0 saturated carbocycles. The van der Waals surface area contributed by atoms with E-state index >= 15 is 0 Å². The number of phenols is 1. The van der Waals surface area contributed by atoms with E-state index in [-0.39, 0.29) is 17.9 Å². The van der Waals surface area contributed by atoms with E-state index in [9.17, 15) is 15.0 Å². The van der Waals surface area contributed by atoms with E-state index in [1.54, 1.807) is 19.1 Å². The van der Waals surface area contributed by atoms with Gasteiger partial charge in [0, 0.05) is 4.88 Å². The van der Waals surface area contributed by atoms with Crippen LogP contribution in [0.15, 0.2) is 35.7 Å². The Morgan fingerprint density at radius 2 is 2.15 bits per heavy atom. The highest BCUT2D eigenvalue weighted by atomic mass is 32.1. The largest absolute Gasteiger partial charge is 0.507 e. The number of phenolic OH excluding ortho intramolecular Hbond substituents is 1. The molecule has 1 atom stereocenters. The maximum atomic E-state index is 12.0. The number of aryl methyl sites for hydroxylation is 1. The zero-order valence-electron chi connectivity index (χ0n) is 11.4. The molecule has 1 unspecified atom stereocenters. The lowest BCUT2D eigenvalue weighted by atomic mass is 10.0. The lowest BCUT2D eigenvalue weighted by molar-refractivity contribution is 0.0556. The number of carbonyl (C=O) groups is 1. The van der Waals surface area contributed by atoms with Crippen LogP contribution in [0.4, 0.5) is 0 Å². The first-order valence-electron chi connectivity index (χ1n) is 6.24. The van der Waals surface area contributed by atoms with E-state index in [0.717, 1.165) is 10.4 Å². The maximum absolute atomic E-state index is 12.0. The number of hydrogen-bond donors (Lipinski definition) is 3. The molecule has 1 aromatic heterocycles. The molecule has 3 N–H and O–H groups in total. The number of aliphatic hydroxyl groups is 1. The van der Waals surface area contributed by atoms with Crippen molar-refractivity contribution in [3.8, 4) is 5.75 Å². The van der Waals surface area contributed by atoms with Crippen molar-refractivity contribution in [3.05, 3.63) is 51.7 Å². The van der Waals surface area contributed by atoms with Crippen LogP contribution in [0.25, 0.3) is 0 Å². The molecule has 1 heterocycles. The Hall–Kier alpha value is -1.85. The van der Waals surface area contributed by atoms with Crippen molar-refractivity contribution < 1.29 is 15.0 Å². The monoisotopic (exact) mass is 291 g/mol. The molecule has 2 rings (SSSR count). The first-order chi connectivity index (χ1) is 9.40. The Balaban J connectivity index is 2.05. The third-order valence-corrected chi connectivity index (χ3v) is 4.17. The molecule has 1 aromatic carbocycles. The molecule has 0 aliphatic rings. The summed E-state index contributed by atoms with van der Waals surface area (Å²) >= 11 is 1.43. The second-order valence-electron chi connectivity index (χ2n) is 4.95. The topological polar surface area (TPSA) is 69.6 Å². The number of nitrogens with one attached hydrogen (secondary N) is 1. The predicted octanol–water partition coefficient (Wildman–Crippen LogP) is 2.40. The number of rotatable bonds is 4. The Morgan fingerprint density at radius 1 is 1.40 bits per heavy atom. The Morgan fingerprint density at radius 3 is 2.75 bits per heavy atom. The maximum Gasteiger partial charge on any atom is 0.255 e. The number of aromatic hydroxyl groups is 1. The van der Waals surface area contributed by atoms with Gasteiger partial charge in [-0.3, -0.25) is 4.79 Å². The Labute approximate surface area is 121 Å². The number of thiophene rings is 1. The van der Waals surface area contributed by atoms with Crippen molar-refractivity contribution in [3.63, 3.8) is 0 Å². The first-order valence-corrected chi connectivity index (χ1v) is 7.12. The Kier molecular flexibility index (Phi) is 4.11. The fourth-order valence-electron chi connectivity index (χ4n) is 1.85. The minimum Gasteiger partial charge on any atom is -0.507 e. The third-order valence-electron chi connectivity index (χ3n) is 3.04. The summed E-state index contributed by atoms with van der Waals surface area (Å²) < 4.78 is 0. The van der Waals surface area contributed by atoms with E-state index in [1.807, 2.05) is 24.4 Å². The molecule has 0 aliphatic heterocycles. The average Bonchev–Trinajstić information content (AvgIpc) is 2.90. The van der Waals surface area contributed by atoms with Gasteiger partial charge in [0.25, 0.3) is 5.91 Å². The Bertz CT molecular complexity index is 606. The number of amides is 1. The lowest BCUT2D eigenvalue weighted by Gasteiger charge is -2.22.